The number of rotatable bonds is 0. The molecule has 0 spiro atoms. The highest BCUT2D eigenvalue weighted by molar-refractivity contribution is 5.44. The van der Waals surface area contributed by atoms with Crippen molar-refractivity contribution in [2.75, 3.05) is 6.61 Å². The molecule has 1 saturated heterocycles. The molecule has 0 aromatic heterocycles. The van der Waals surface area contributed by atoms with Crippen molar-refractivity contribution in [3.8, 4) is 0 Å². The summed E-state index contributed by atoms with van der Waals surface area (Å²) in [5, 5.41) is 0. The van der Waals surface area contributed by atoms with E-state index in [4.69, 9.17) is 4.74 Å². The molecule has 0 aromatic carbocycles. The van der Waals surface area contributed by atoms with Crippen LogP contribution in [0.5, 0.6) is 0 Å². The van der Waals surface area contributed by atoms with Crippen molar-refractivity contribution in [3.63, 3.8) is 0 Å². The van der Waals surface area contributed by atoms with Crippen molar-refractivity contribution in [1.29, 1.82) is 0 Å². The summed E-state index contributed by atoms with van der Waals surface area (Å²) in [6.45, 7) is 0.837. The quantitative estimate of drug-likeness (QED) is 0.425. The summed E-state index contributed by atoms with van der Waals surface area (Å²) < 4.78 is 4.97. The van der Waals surface area contributed by atoms with Gasteiger partial charge in [0, 0.05) is 5.57 Å². The van der Waals surface area contributed by atoms with Gasteiger partial charge in [0.05, 0.1) is 0 Å². The highest BCUT2D eigenvalue weighted by Gasteiger charge is 2.16. The lowest BCUT2D eigenvalue weighted by molar-refractivity contribution is 0.508. The van der Waals surface area contributed by atoms with E-state index in [-0.39, 0.29) is 0 Å². The van der Waals surface area contributed by atoms with E-state index >= 15 is 0 Å². The summed E-state index contributed by atoms with van der Waals surface area (Å²) >= 11 is 0. The zero-order chi connectivity index (χ0) is 5.40. The number of hydrogen-bond acceptors (Lipinski definition) is 1. The average Bonchev–Trinajstić information content (AvgIpc) is 2.49. The van der Waals surface area contributed by atoms with E-state index in [1.165, 1.54) is 5.57 Å². The molecule has 40 valence electrons. The number of epoxide rings is 1. The number of ether oxygens (including phenoxy) is 1. The fourth-order valence-electron chi connectivity index (χ4n) is 0.763. The minimum Gasteiger partial charge on any atom is -0.486 e. The zero-order valence-electron chi connectivity index (χ0n) is 4.42. The Bertz CT molecular complexity index is 176. The minimum atomic E-state index is 0.837. The first-order chi connectivity index (χ1) is 3.97. The highest BCUT2D eigenvalue weighted by atomic mass is 16.6. The summed E-state index contributed by atoms with van der Waals surface area (Å²) in [5.41, 5.74) is 1.24. The van der Waals surface area contributed by atoms with E-state index < -0.39 is 0 Å². The third-order valence-corrected chi connectivity index (χ3v) is 1.27. The molecule has 0 unspecified atom stereocenters. The molecule has 0 amide bonds. The third kappa shape index (κ3) is 0.479. The average molecular weight is 106 g/mol. The molecular formula is C7H6O. The Morgan fingerprint density at radius 2 is 1.88 bits per heavy atom. The molecule has 8 heavy (non-hydrogen) atoms. The second-order valence-electron chi connectivity index (χ2n) is 1.89. The second-order valence-corrected chi connectivity index (χ2v) is 1.89. The molecule has 0 aromatic rings. The predicted octanol–water partition coefficient (Wildman–Crippen LogP) is 1.40. The topological polar surface area (TPSA) is 12.5 Å². The van der Waals surface area contributed by atoms with Crippen LogP contribution in [-0.4, -0.2) is 6.61 Å². The molecule has 1 nitrogen and oxygen atoms in total. The van der Waals surface area contributed by atoms with Crippen LogP contribution >= 0.6 is 0 Å². The molecule has 1 fully saturated rings. The molecule has 1 heterocycles. The Kier molecular flexibility index (Phi) is 0.618. The van der Waals surface area contributed by atoms with Crippen molar-refractivity contribution < 1.29 is 4.74 Å². The standard InChI is InChI=1S/C7H6O/c1-2-4-6(3-1)7-5-8-7/h1-4H,5H2. The summed E-state index contributed by atoms with van der Waals surface area (Å²) in [4.78, 5) is 0. The van der Waals surface area contributed by atoms with Crippen LogP contribution in [0.1, 0.15) is 0 Å². The first-order valence-electron chi connectivity index (χ1n) is 2.67. The molecule has 0 saturated carbocycles. The van der Waals surface area contributed by atoms with Gasteiger partial charge in [-0.1, -0.05) is 24.3 Å². The largest absolute Gasteiger partial charge is 0.486 e. The smallest absolute Gasteiger partial charge is 0.146 e. The van der Waals surface area contributed by atoms with E-state index in [2.05, 4.69) is 12.2 Å². The van der Waals surface area contributed by atoms with Crippen molar-refractivity contribution in [2.45, 2.75) is 0 Å². The van der Waals surface area contributed by atoms with Crippen LogP contribution in [0.4, 0.5) is 0 Å². The fraction of sp³-hybridized carbons (Fsp3) is 0.143. The van der Waals surface area contributed by atoms with Gasteiger partial charge in [0.25, 0.3) is 0 Å². The van der Waals surface area contributed by atoms with Crippen LogP contribution in [0, 0.1) is 0 Å². The molecule has 2 aliphatic rings. The van der Waals surface area contributed by atoms with E-state index in [1.54, 1.807) is 0 Å². The fourth-order valence-corrected chi connectivity index (χ4v) is 0.763. The van der Waals surface area contributed by atoms with E-state index in [1.807, 2.05) is 12.2 Å². The predicted molar refractivity (Wildman–Crippen MR) is 31.3 cm³/mol. The third-order valence-electron chi connectivity index (χ3n) is 1.27. The summed E-state index contributed by atoms with van der Waals surface area (Å²) in [6, 6.07) is 0. The van der Waals surface area contributed by atoms with Gasteiger partial charge >= 0.3 is 0 Å². The molecule has 0 bridgehead atoms. The molecule has 1 heteroatoms. The molecule has 0 radical (unpaired) electrons. The Labute approximate surface area is 48.0 Å². The monoisotopic (exact) mass is 106 g/mol. The van der Waals surface area contributed by atoms with Crippen LogP contribution < -0.4 is 0 Å². The lowest BCUT2D eigenvalue weighted by Crippen LogP contribution is -1.62. The van der Waals surface area contributed by atoms with E-state index in [9.17, 15) is 0 Å². The Balaban J connectivity index is 2.40. The van der Waals surface area contributed by atoms with Crippen molar-refractivity contribution in [3.05, 3.63) is 35.6 Å². The van der Waals surface area contributed by atoms with Gasteiger partial charge in [-0.2, -0.15) is 0 Å². The molecule has 2 rings (SSSR count). The van der Waals surface area contributed by atoms with Gasteiger partial charge in [-0.25, -0.2) is 0 Å². The Morgan fingerprint density at radius 1 is 1.25 bits per heavy atom. The lowest BCUT2D eigenvalue weighted by atomic mass is 10.3. The molecule has 0 N–H and O–H groups in total. The summed E-state index contributed by atoms with van der Waals surface area (Å²) in [6.07, 6.45) is 8.15. The van der Waals surface area contributed by atoms with Gasteiger partial charge in [0.1, 0.15) is 12.4 Å². The normalized spacial score (nSPS) is 22.0. The van der Waals surface area contributed by atoms with Crippen LogP contribution in [0.3, 0.4) is 0 Å². The van der Waals surface area contributed by atoms with Gasteiger partial charge in [-0.3, -0.25) is 0 Å². The Morgan fingerprint density at radius 3 is 2.38 bits per heavy atom. The maximum atomic E-state index is 4.97. The highest BCUT2D eigenvalue weighted by Crippen LogP contribution is 2.23. The molecule has 0 atom stereocenters. The minimum absolute atomic E-state index is 0.837. The van der Waals surface area contributed by atoms with Gasteiger partial charge in [0.2, 0.25) is 0 Å². The van der Waals surface area contributed by atoms with Crippen LogP contribution in [-0.2, 0) is 4.74 Å². The molecular weight excluding hydrogens is 100 g/mol. The van der Waals surface area contributed by atoms with Crippen molar-refractivity contribution in [2.24, 2.45) is 0 Å². The summed E-state index contributed by atoms with van der Waals surface area (Å²) in [7, 11) is 0. The van der Waals surface area contributed by atoms with Crippen LogP contribution in [0.15, 0.2) is 35.6 Å². The molecule has 1 aliphatic carbocycles. The zero-order valence-corrected chi connectivity index (χ0v) is 4.42. The van der Waals surface area contributed by atoms with Crippen molar-refractivity contribution >= 4 is 0 Å². The molecule has 1 aliphatic heterocycles. The SMILES string of the molecule is C1=CC(=C2CO2)C=C1. The Hall–Kier alpha value is -0.980. The summed E-state index contributed by atoms with van der Waals surface area (Å²) in [5.74, 6) is 1.13. The van der Waals surface area contributed by atoms with Gasteiger partial charge in [0.15, 0.2) is 0 Å². The van der Waals surface area contributed by atoms with E-state index in [0.717, 1.165) is 12.4 Å². The van der Waals surface area contributed by atoms with Gasteiger partial charge in [-0.15, -0.1) is 0 Å². The number of allylic oxidation sites excluding steroid dienone is 5. The maximum absolute atomic E-state index is 4.97. The lowest BCUT2D eigenvalue weighted by Gasteiger charge is -1.76. The van der Waals surface area contributed by atoms with Crippen molar-refractivity contribution in [1.82, 2.24) is 0 Å². The first-order valence-corrected chi connectivity index (χ1v) is 2.67. The van der Waals surface area contributed by atoms with Crippen LogP contribution in [0.25, 0.3) is 0 Å². The van der Waals surface area contributed by atoms with E-state index in [0.29, 0.717) is 0 Å². The van der Waals surface area contributed by atoms with Gasteiger partial charge in [-0.05, 0) is 0 Å². The maximum Gasteiger partial charge on any atom is 0.146 e. The van der Waals surface area contributed by atoms with Crippen LogP contribution in [0.2, 0.25) is 0 Å². The first kappa shape index (κ1) is 3.96. The second kappa shape index (κ2) is 1.25. The number of hydrogen-bond donors (Lipinski definition) is 0. The van der Waals surface area contributed by atoms with Gasteiger partial charge < -0.3 is 4.74 Å².